The van der Waals surface area contributed by atoms with Gasteiger partial charge in [0.15, 0.2) is 0 Å². The van der Waals surface area contributed by atoms with Crippen LogP contribution in [0.4, 0.5) is 0 Å². The molecule has 116 valence electrons. The van der Waals surface area contributed by atoms with E-state index in [0.29, 0.717) is 23.1 Å². The number of carbonyl (C=O) groups is 2. The summed E-state index contributed by atoms with van der Waals surface area (Å²) in [6, 6.07) is 5.01. The average molecular weight is 303 g/mol. The predicted molar refractivity (Wildman–Crippen MR) is 79.7 cm³/mol. The number of benzene rings is 1. The molecule has 2 aromatic rings. The van der Waals surface area contributed by atoms with Gasteiger partial charge in [0.25, 0.3) is 5.91 Å². The highest BCUT2D eigenvalue weighted by molar-refractivity contribution is 5.97. The van der Waals surface area contributed by atoms with Gasteiger partial charge in [-0.1, -0.05) is 6.92 Å². The second-order valence-corrected chi connectivity index (χ2v) is 5.85. The van der Waals surface area contributed by atoms with Crippen LogP contribution in [0.5, 0.6) is 0 Å². The van der Waals surface area contributed by atoms with Crippen LogP contribution in [0.2, 0.25) is 0 Å². The number of rotatable bonds is 2. The lowest BCUT2D eigenvalue weighted by atomic mass is 9.99. The van der Waals surface area contributed by atoms with Crippen LogP contribution in [0, 0.1) is 11.8 Å². The second-order valence-electron chi connectivity index (χ2n) is 5.85. The molecule has 3 rings (SSSR count). The summed E-state index contributed by atoms with van der Waals surface area (Å²) in [5.41, 5.74) is 1.54. The molecule has 2 heterocycles. The van der Waals surface area contributed by atoms with Crippen LogP contribution in [-0.2, 0) is 11.8 Å². The molecule has 0 aliphatic carbocycles. The van der Waals surface area contributed by atoms with Crippen molar-refractivity contribution in [1.29, 1.82) is 0 Å². The molecule has 0 bridgehead atoms. The number of aromatic amines is 1. The molecule has 1 amide bonds. The Morgan fingerprint density at radius 3 is 2.68 bits per heavy atom. The Morgan fingerprint density at radius 1 is 1.32 bits per heavy atom. The highest BCUT2D eigenvalue weighted by atomic mass is 16.4. The number of likely N-dealkylation sites (tertiary alicyclic amines) is 1. The number of carbonyl (C=O) groups excluding carboxylic acids is 1. The van der Waals surface area contributed by atoms with E-state index in [9.17, 15) is 14.4 Å². The van der Waals surface area contributed by atoms with Crippen LogP contribution in [0.1, 0.15) is 17.3 Å². The summed E-state index contributed by atoms with van der Waals surface area (Å²) in [6.45, 7) is 2.49. The SMILES string of the molecule is C[C@@H]1CN(C(=O)c2ccc3[nH]c(=O)n(C)c3c2)C[C@H]1C(=O)O. The Hall–Kier alpha value is -2.57. The normalized spacial score (nSPS) is 21.5. The van der Waals surface area contributed by atoms with Gasteiger partial charge in [0, 0.05) is 25.7 Å². The van der Waals surface area contributed by atoms with E-state index in [1.54, 1.807) is 30.1 Å². The van der Waals surface area contributed by atoms with Crippen LogP contribution >= 0.6 is 0 Å². The molecule has 2 atom stereocenters. The minimum Gasteiger partial charge on any atom is -0.481 e. The largest absolute Gasteiger partial charge is 0.481 e. The van der Waals surface area contributed by atoms with Gasteiger partial charge in [-0.3, -0.25) is 14.2 Å². The van der Waals surface area contributed by atoms with E-state index in [1.807, 2.05) is 6.92 Å². The molecule has 2 N–H and O–H groups in total. The molecule has 1 fully saturated rings. The molecular formula is C15H17N3O4. The third-order valence-electron chi connectivity index (χ3n) is 4.37. The lowest BCUT2D eigenvalue weighted by molar-refractivity contribution is -0.142. The molecule has 1 aliphatic rings. The van der Waals surface area contributed by atoms with Gasteiger partial charge in [0.05, 0.1) is 17.0 Å². The summed E-state index contributed by atoms with van der Waals surface area (Å²) in [6.07, 6.45) is 0. The summed E-state index contributed by atoms with van der Waals surface area (Å²) in [5.74, 6) is -1.66. The fraction of sp³-hybridized carbons (Fsp3) is 0.400. The standard InChI is InChI=1S/C15H17N3O4/c1-8-6-18(7-10(8)14(20)21)13(19)9-3-4-11-12(5-9)17(2)15(22)16-11/h3-5,8,10H,6-7H2,1-2H3,(H,16,22)(H,20,21)/t8-,10-/m1/s1. The Bertz CT molecular complexity index is 820. The topological polar surface area (TPSA) is 95.4 Å². The zero-order chi connectivity index (χ0) is 16.0. The van der Waals surface area contributed by atoms with Gasteiger partial charge in [-0.05, 0) is 24.1 Å². The number of nitrogens with one attached hydrogen (secondary N) is 1. The zero-order valence-electron chi connectivity index (χ0n) is 12.4. The monoisotopic (exact) mass is 303 g/mol. The van der Waals surface area contributed by atoms with Crippen LogP contribution in [-0.4, -0.2) is 44.5 Å². The summed E-state index contributed by atoms with van der Waals surface area (Å²) < 4.78 is 1.44. The molecule has 1 aromatic heterocycles. The lowest BCUT2D eigenvalue weighted by Gasteiger charge is -2.16. The van der Waals surface area contributed by atoms with Crippen molar-refractivity contribution in [3.8, 4) is 0 Å². The number of imidazole rings is 1. The third kappa shape index (κ3) is 2.18. The van der Waals surface area contributed by atoms with E-state index >= 15 is 0 Å². The molecule has 0 saturated carbocycles. The number of H-pyrrole nitrogens is 1. The maximum absolute atomic E-state index is 12.6. The van der Waals surface area contributed by atoms with Gasteiger partial charge >= 0.3 is 11.7 Å². The van der Waals surface area contributed by atoms with E-state index in [0.717, 1.165) is 0 Å². The van der Waals surface area contributed by atoms with E-state index < -0.39 is 11.9 Å². The van der Waals surface area contributed by atoms with Crippen molar-refractivity contribution in [3.05, 3.63) is 34.2 Å². The fourth-order valence-corrected chi connectivity index (χ4v) is 2.99. The molecule has 1 aromatic carbocycles. The number of hydrogen-bond acceptors (Lipinski definition) is 3. The number of fused-ring (bicyclic) bond motifs is 1. The van der Waals surface area contributed by atoms with E-state index in [-0.39, 0.29) is 24.1 Å². The summed E-state index contributed by atoms with van der Waals surface area (Å²) in [7, 11) is 1.63. The molecule has 1 saturated heterocycles. The van der Waals surface area contributed by atoms with Gasteiger partial charge in [-0.15, -0.1) is 0 Å². The Balaban J connectivity index is 1.91. The number of amides is 1. The summed E-state index contributed by atoms with van der Waals surface area (Å²) in [4.78, 5) is 39.6. The van der Waals surface area contributed by atoms with Gasteiger partial charge in [-0.25, -0.2) is 4.79 Å². The smallest absolute Gasteiger partial charge is 0.326 e. The van der Waals surface area contributed by atoms with E-state index in [4.69, 9.17) is 5.11 Å². The molecule has 1 aliphatic heterocycles. The van der Waals surface area contributed by atoms with E-state index in [2.05, 4.69) is 4.98 Å². The molecule has 0 unspecified atom stereocenters. The van der Waals surface area contributed by atoms with Crippen molar-refractivity contribution in [2.45, 2.75) is 6.92 Å². The number of hydrogen-bond donors (Lipinski definition) is 2. The quantitative estimate of drug-likeness (QED) is 0.852. The second kappa shape index (κ2) is 5.01. The van der Waals surface area contributed by atoms with Crippen LogP contribution in [0.15, 0.2) is 23.0 Å². The molecule has 7 heteroatoms. The first kappa shape index (κ1) is 14.4. The highest BCUT2D eigenvalue weighted by Gasteiger charge is 2.37. The number of carboxylic acids is 1. The number of carboxylic acid groups (broad SMARTS) is 1. The third-order valence-corrected chi connectivity index (χ3v) is 4.37. The predicted octanol–water partition coefficient (Wildman–Crippen LogP) is 0.659. The first-order chi connectivity index (χ1) is 10.4. The van der Waals surface area contributed by atoms with Gasteiger partial charge in [0.2, 0.25) is 0 Å². The van der Waals surface area contributed by atoms with Crippen molar-refractivity contribution in [2.24, 2.45) is 18.9 Å². The number of nitrogens with zero attached hydrogens (tertiary/aromatic N) is 2. The maximum atomic E-state index is 12.6. The Labute approximate surface area is 126 Å². The zero-order valence-corrected chi connectivity index (χ0v) is 12.4. The van der Waals surface area contributed by atoms with Gasteiger partial charge in [-0.2, -0.15) is 0 Å². The average Bonchev–Trinajstić information content (AvgIpc) is 3.00. The summed E-state index contributed by atoms with van der Waals surface area (Å²) >= 11 is 0. The lowest BCUT2D eigenvalue weighted by Crippen LogP contribution is -2.29. The highest BCUT2D eigenvalue weighted by Crippen LogP contribution is 2.25. The van der Waals surface area contributed by atoms with Crippen molar-refractivity contribution < 1.29 is 14.7 Å². The van der Waals surface area contributed by atoms with E-state index in [1.165, 1.54) is 4.57 Å². The Kier molecular flexibility index (Phi) is 3.27. The van der Waals surface area contributed by atoms with Crippen molar-refractivity contribution in [2.75, 3.05) is 13.1 Å². The number of aromatic nitrogens is 2. The molecule has 0 radical (unpaired) electrons. The van der Waals surface area contributed by atoms with Crippen molar-refractivity contribution in [1.82, 2.24) is 14.5 Å². The first-order valence-electron chi connectivity index (χ1n) is 7.09. The fourth-order valence-electron chi connectivity index (χ4n) is 2.99. The van der Waals surface area contributed by atoms with Crippen molar-refractivity contribution in [3.63, 3.8) is 0 Å². The van der Waals surface area contributed by atoms with Gasteiger partial charge in [0.1, 0.15) is 0 Å². The minimum absolute atomic E-state index is 0.0678. The summed E-state index contributed by atoms with van der Waals surface area (Å²) in [5, 5.41) is 9.15. The van der Waals surface area contributed by atoms with Gasteiger partial charge < -0.3 is 15.0 Å². The maximum Gasteiger partial charge on any atom is 0.326 e. The number of aliphatic carboxylic acids is 1. The minimum atomic E-state index is -0.869. The molecule has 22 heavy (non-hydrogen) atoms. The number of aryl methyl sites for hydroxylation is 1. The first-order valence-corrected chi connectivity index (χ1v) is 7.09. The molecule has 0 spiro atoms. The molecular weight excluding hydrogens is 286 g/mol. The van der Waals surface area contributed by atoms with Crippen LogP contribution in [0.3, 0.4) is 0 Å². The Morgan fingerprint density at radius 2 is 2.05 bits per heavy atom. The van der Waals surface area contributed by atoms with Crippen molar-refractivity contribution >= 4 is 22.9 Å². The molecule has 7 nitrogen and oxygen atoms in total. The van der Waals surface area contributed by atoms with Crippen LogP contribution in [0.25, 0.3) is 11.0 Å². The van der Waals surface area contributed by atoms with Crippen LogP contribution < -0.4 is 5.69 Å².